The summed E-state index contributed by atoms with van der Waals surface area (Å²) >= 11 is 0. The molecule has 2 aromatic carbocycles. The Morgan fingerprint density at radius 3 is 2.32 bits per heavy atom. The Balaban J connectivity index is 2.02. The van der Waals surface area contributed by atoms with Crippen molar-refractivity contribution in [2.75, 3.05) is 5.32 Å². The average Bonchev–Trinajstić information content (AvgIpc) is 2.49. The van der Waals surface area contributed by atoms with E-state index >= 15 is 0 Å². The first-order chi connectivity index (χ1) is 10.5. The summed E-state index contributed by atoms with van der Waals surface area (Å²) in [7, 11) is 0. The summed E-state index contributed by atoms with van der Waals surface area (Å²) in [5.74, 6) is 0.438. The fraction of sp³-hybridized carbons (Fsp3) is 0.316. The standard InChI is InChI=1S/C19H24N2O/c1-13(2)18-12-17(11-10-14(18)3)21-19(22)20-15(4)16-8-6-5-7-9-16/h5-13,15H,1-4H3,(H2,20,21,22). The molecule has 1 unspecified atom stereocenters. The van der Waals surface area contributed by atoms with Crippen LogP contribution in [0.5, 0.6) is 0 Å². The van der Waals surface area contributed by atoms with E-state index in [2.05, 4.69) is 31.4 Å². The molecule has 2 aromatic rings. The average molecular weight is 296 g/mol. The minimum atomic E-state index is -0.185. The Labute approximate surface area is 132 Å². The van der Waals surface area contributed by atoms with Crippen molar-refractivity contribution in [3.63, 3.8) is 0 Å². The van der Waals surface area contributed by atoms with E-state index in [4.69, 9.17) is 0 Å². The van der Waals surface area contributed by atoms with Crippen LogP contribution in [0.4, 0.5) is 10.5 Å². The second kappa shape index (κ2) is 7.12. The van der Waals surface area contributed by atoms with Gasteiger partial charge in [0.15, 0.2) is 0 Å². The quantitative estimate of drug-likeness (QED) is 0.819. The van der Waals surface area contributed by atoms with Gasteiger partial charge in [0, 0.05) is 5.69 Å². The van der Waals surface area contributed by atoms with Crippen LogP contribution in [-0.4, -0.2) is 6.03 Å². The molecular formula is C19H24N2O. The van der Waals surface area contributed by atoms with E-state index in [0.29, 0.717) is 5.92 Å². The van der Waals surface area contributed by atoms with Gasteiger partial charge in [0.05, 0.1) is 6.04 Å². The van der Waals surface area contributed by atoms with Crippen molar-refractivity contribution in [2.45, 2.75) is 39.7 Å². The number of carbonyl (C=O) groups is 1. The number of carbonyl (C=O) groups excluding carboxylic acids is 1. The first kappa shape index (κ1) is 16.1. The van der Waals surface area contributed by atoms with Crippen LogP contribution in [-0.2, 0) is 0 Å². The monoisotopic (exact) mass is 296 g/mol. The highest BCUT2D eigenvalue weighted by atomic mass is 16.2. The van der Waals surface area contributed by atoms with Crippen LogP contribution in [0.3, 0.4) is 0 Å². The van der Waals surface area contributed by atoms with Crippen molar-refractivity contribution in [1.29, 1.82) is 0 Å². The van der Waals surface area contributed by atoms with E-state index in [-0.39, 0.29) is 12.1 Å². The predicted octanol–water partition coefficient (Wildman–Crippen LogP) is 5.00. The summed E-state index contributed by atoms with van der Waals surface area (Å²) in [6.45, 7) is 8.38. The molecule has 2 rings (SSSR count). The summed E-state index contributed by atoms with van der Waals surface area (Å²) < 4.78 is 0. The molecule has 0 spiro atoms. The van der Waals surface area contributed by atoms with Gasteiger partial charge in [-0.1, -0.05) is 50.2 Å². The zero-order valence-electron chi connectivity index (χ0n) is 13.7. The van der Waals surface area contributed by atoms with Crippen LogP contribution in [0.25, 0.3) is 0 Å². The molecular weight excluding hydrogens is 272 g/mol. The number of anilines is 1. The van der Waals surface area contributed by atoms with Gasteiger partial charge in [-0.05, 0) is 48.6 Å². The second-order valence-electron chi connectivity index (χ2n) is 5.96. The molecule has 3 heteroatoms. The highest BCUT2D eigenvalue weighted by molar-refractivity contribution is 5.89. The third-order valence-electron chi connectivity index (χ3n) is 3.81. The van der Waals surface area contributed by atoms with Crippen LogP contribution < -0.4 is 10.6 Å². The van der Waals surface area contributed by atoms with Gasteiger partial charge in [-0.25, -0.2) is 4.79 Å². The lowest BCUT2D eigenvalue weighted by Crippen LogP contribution is -2.31. The molecule has 116 valence electrons. The van der Waals surface area contributed by atoms with Crippen LogP contribution >= 0.6 is 0 Å². The third-order valence-corrected chi connectivity index (χ3v) is 3.81. The van der Waals surface area contributed by atoms with Gasteiger partial charge in [0.2, 0.25) is 0 Å². The second-order valence-corrected chi connectivity index (χ2v) is 5.96. The number of rotatable bonds is 4. The van der Waals surface area contributed by atoms with Crippen molar-refractivity contribution in [3.05, 3.63) is 65.2 Å². The van der Waals surface area contributed by atoms with Crippen LogP contribution in [0, 0.1) is 6.92 Å². The van der Waals surface area contributed by atoms with Crippen LogP contribution in [0.15, 0.2) is 48.5 Å². The first-order valence-electron chi connectivity index (χ1n) is 7.70. The van der Waals surface area contributed by atoms with Gasteiger partial charge in [-0.15, -0.1) is 0 Å². The molecule has 1 atom stereocenters. The summed E-state index contributed by atoms with van der Waals surface area (Å²) in [6.07, 6.45) is 0. The van der Waals surface area contributed by atoms with Crippen molar-refractivity contribution in [2.24, 2.45) is 0 Å². The minimum absolute atomic E-state index is 0.0313. The Bertz CT molecular complexity index is 635. The van der Waals surface area contributed by atoms with E-state index in [1.165, 1.54) is 11.1 Å². The summed E-state index contributed by atoms with van der Waals surface area (Å²) in [5, 5.41) is 5.87. The minimum Gasteiger partial charge on any atom is -0.331 e. The van der Waals surface area contributed by atoms with Gasteiger partial charge in [0.25, 0.3) is 0 Å². The maximum Gasteiger partial charge on any atom is 0.319 e. The normalized spacial score (nSPS) is 12.0. The topological polar surface area (TPSA) is 41.1 Å². The number of hydrogen-bond donors (Lipinski definition) is 2. The van der Waals surface area contributed by atoms with Gasteiger partial charge in [0.1, 0.15) is 0 Å². The lowest BCUT2D eigenvalue weighted by atomic mass is 9.97. The lowest BCUT2D eigenvalue weighted by Gasteiger charge is -2.16. The number of amides is 2. The van der Waals surface area contributed by atoms with Gasteiger partial charge in [-0.2, -0.15) is 0 Å². The number of benzene rings is 2. The molecule has 0 bridgehead atoms. The number of nitrogens with one attached hydrogen (secondary N) is 2. The molecule has 2 N–H and O–H groups in total. The first-order valence-corrected chi connectivity index (χ1v) is 7.70. The van der Waals surface area contributed by atoms with Gasteiger partial charge in [-0.3, -0.25) is 0 Å². The van der Waals surface area contributed by atoms with E-state index in [0.717, 1.165) is 11.3 Å². The molecule has 0 aromatic heterocycles. The zero-order valence-corrected chi connectivity index (χ0v) is 13.7. The van der Waals surface area contributed by atoms with Gasteiger partial charge < -0.3 is 10.6 Å². The van der Waals surface area contributed by atoms with Crippen LogP contribution in [0.2, 0.25) is 0 Å². The van der Waals surface area contributed by atoms with Gasteiger partial charge >= 0.3 is 6.03 Å². The summed E-state index contributed by atoms with van der Waals surface area (Å²) in [4.78, 5) is 12.1. The van der Waals surface area contributed by atoms with Crippen LogP contribution in [0.1, 0.15) is 49.4 Å². The Hall–Kier alpha value is -2.29. The molecule has 0 aliphatic carbocycles. The number of urea groups is 1. The highest BCUT2D eigenvalue weighted by Crippen LogP contribution is 2.23. The molecule has 0 heterocycles. The van der Waals surface area contributed by atoms with E-state index < -0.39 is 0 Å². The molecule has 22 heavy (non-hydrogen) atoms. The Kier molecular flexibility index (Phi) is 5.21. The lowest BCUT2D eigenvalue weighted by molar-refractivity contribution is 0.249. The Morgan fingerprint density at radius 1 is 1.00 bits per heavy atom. The van der Waals surface area contributed by atoms with Crippen molar-refractivity contribution in [1.82, 2.24) is 5.32 Å². The number of hydrogen-bond acceptors (Lipinski definition) is 1. The number of aryl methyl sites for hydroxylation is 1. The van der Waals surface area contributed by atoms with Crippen molar-refractivity contribution in [3.8, 4) is 0 Å². The van der Waals surface area contributed by atoms with E-state index in [9.17, 15) is 4.79 Å². The smallest absolute Gasteiger partial charge is 0.319 e. The van der Waals surface area contributed by atoms with Crippen molar-refractivity contribution < 1.29 is 4.79 Å². The molecule has 0 saturated heterocycles. The molecule has 0 fully saturated rings. The maximum absolute atomic E-state index is 12.1. The zero-order chi connectivity index (χ0) is 16.1. The fourth-order valence-electron chi connectivity index (χ4n) is 2.53. The fourth-order valence-corrected chi connectivity index (χ4v) is 2.53. The van der Waals surface area contributed by atoms with Crippen molar-refractivity contribution >= 4 is 11.7 Å². The molecule has 0 aliphatic rings. The molecule has 0 aliphatic heterocycles. The molecule has 2 amide bonds. The SMILES string of the molecule is Cc1ccc(NC(=O)NC(C)c2ccccc2)cc1C(C)C. The highest BCUT2D eigenvalue weighted by Gasteiger charge is 2.10. The predicted molar refractivity (Wildman–Crippen MR) is 92.3 cm³/mol. The summed E-state index contributed by atoms with van der Waals surface area (Å²) in [6, 6.07) is 15.7. The molecule has 0 radical (unpaired) electrons. The van der Waals surface area contributed by atoms with E-state index in [1.807, 2.05) is 55.5 Å². The maximum atomic E-state index is 12.1. The third kappa shape index (κ3) is 4.10. The largest absolute Gasteiger partial charge is 0.331 e. The molecule has 3 nitrogen and oxygen atoms in total. The molecule has 0 saturated carbocycles. The summed E-state index contributed by atoms with van der Waals surface area (Å²) in [5.41, 5.74) is 4.42. The Morgan fingerprint density at radius 2 is 1.68 bits per heavy atom. The van der Waals surface area contributed by atoms with E-state index in [1.54, 1.807) is 0 Å².